The molecule has 0 atom stereocenters. The number of nitrogens with zero attached hydrogens (tertiary/aromatic N) is 1. The molecule has 1 rings (SSSR count). The number of ether oxygens (including phenoxy) is 1. The van der Waals surface area contributed by atoms with Gasteiger partial charge >= 0.3 is 0 Å². The van der Waals surface area contributed by atoms with E-state index in [4.69, 9.17) is 4.74 Å². The molecule has 120 valence electrons. The Bertz CT molecular complexity index is 484. The van der Waals surface area contributed by atoms with Crippen molar-refractivity contribution in [3.63, 3.8) is 0 Å². The van der Waals surface area contributed by atoms with Crippen molar-refractivity contribution in [3.05, 3.63) is 61.7 Å². The Morgan fingerprint density at radius 2 is 1.82 bits per heavy atom. The lowest BCUT2D eigenvalue weighted by molar-refractivity contribution is 0.242. The lowest BCUT2D eigenvalue weighted by atomic mass is 10.1. The molecule has 3 heteroatoms. The van der Waals surface area contributed by atoms with Crippen molar-refractivity contribution in [2.75, 3.05) is 24.5 Å². The first kappa shape index (κ1) is 18.1. The Morgan fingerprint density at radius 1 is 1.14 bits per heavy atom. The summed E-state index contributed by atoms with van der Waals surface area (Å²) >= 11 is 0. The fourth-order valence-corrected chi connectivity index (χ4v) is 2.18. The minimum atomic E-state index is 0.129. The van der Waals surface area contributed by atoms with Crippen molar-refractivity contribution in [3.8, 4) is 5.75 Å². The molecule has 1 aromatic carbocycles. The highest BCUT2D eigenvalue weighted by Gasteiger charge is 2.12. The highest BCUT2D eigenvalue weighted by Crippen LogP contribution is 2.30. The predicted octanol–water partition coefficient (Wildman–Crippen LogP) is 3.93. The van der Waals surface area contributed by atoms with Crippen molar-refractivity contribution in [2.24, 2.45) is 0 Å². The molecule has 0 aliphatic carbocycles. The van der Waals surface area contributed by atoms with Crippen molar-refractivity contribution < 1.29 is 4.74 Å². The van der Waals surface area contributed by atoms with Crippen LogP contribution in [0.2, 0.25) is 0 Å². The van der Waals surface area contributed by atoms with Crippen LogP contribution in [0, 0.1) is 0 Å². The molecule has 1 N–H and O–H groups in total. The average molecular weight is 300 g/mol. The molecule has 0 fully saturated rings. The summed E-state index contributed by atoms with van der Waals surface area (Å²) < 4.78 is 6.01. The van der Waals surface area contributed by atoms with E-state index in [1.807, 2.05) is 32.1 Å². The third-order valence-electron chi connectivity index (χ3n) is 3.04. The van der Waals surface area contributed by atoms with Gasteiger partial charge in [0, 0.05) is 26.2 Å². The fraction of sp³-hybridized carbons (Fsp3) is 0.368. The summed E-state index contributed by atoms with van der Waals surface area (Å²) in [6.45, 7) is 18.6. The second-order valence-corrected chi connectivity index (χ2v) is 5.37. The maximum absolute atomic E-state index is 6.01. The monoisotopic (exact) mass is 300 g/mol. The maximum atomic E-state index is 6.01. The number of anilines is 1. The summed E-state index contributed by atoms with van der Waals surface area (Å²) in [5.41, 5.74) is 2.26. The van der Waals surface area contributed by atoms with Crippen LogP contribution in [-0.4, -0.2) is 25.7 Å². The van der Waals surface area contributed by atoms with Gasteiger partial charge in [0.05, 0.1) is 11.8 Å². The lowest BCUT2D eigenvalue weighted by Crippen LogP contribution is -2.24. The summed E-state index contributed by atoms with van der Waals surface area (Å²) in [5, 5.41) is 3.31. The molecule has 22 heavy (non-hydrogen) atoms. The zero-order valence-electron chi connectivity index (χ0n) is 13.8. The first-order valence-electron chi connectivity index (χ1n) is 7.70. The highest BCUT2D eigenvalue weighted by molar-refractivity contribution is 5.60. The quantitative estimate of drug-likeness (QED) is 0.495. The van der Waals surface area contributed by atoms with Crippen LogP contribution in [-0.2, 0) is 6.54 Å². The lowest BCUT2D eigenvalue weighted by Gasteiger charge is -2.26. The molecule has 0 saturated carbocycles. The van der Waals surface area contributed by atoms with E-state index in [0.29, 0.717) is 0 Å². The van der Waals surface area contributed by atoms with Crippen LogP contribution < -0.4 is 15.0 Å². The van der Waals surface area contributed by atoms with Crippen LogP contribution in [0.5, 0.6) is 5.75 Å². The van der Waals surface area contributed by atoms with Gasteiger partial charge < -0.3 is 15.0 Å². The zero-order chi connectivity index (χ0) is 16.4. The van der Waals surface area contributed by atoms with Gasteiger partial charge in [-0.1, -0.05) is 24.3 Å². The van der Waals surface area contributed by atoms with E-state index in [9.17, 15) is 0 Å². The van der Waals surface area contributed by atoms with Gasteiger partial charge in [0.15, 0.2) is 0 Å². The van der Waals surface area contributed by atoms with Crippen molar-refractivity contribution in [2.45, 2.75) is 26.5 Å². The zero-order valence-corrected chi connectivity index (χ0v) is 13.8. The van der Waals surface area contributed by atoms with Gasteiger partial charge in [0.2, 0.25) is 0 Å². The Kier molecular flexibility index (Phi) is 8.08. The van der Waals surface area contributed by atoms with Crippen molar-refractivity contribution in [1.82, 2.24) is 5.32 Å². The van der Waals surface area contributed by atoms with Gasteiger partial charge in [0.1, 0.15) is 5.75 Å². The Balaban J connectivity index is 3.04. The van der Waals surface area contributed by atoms with Crippen LogP contribution in [0.25, 0.3) is 0 Å². The summed E-state index contributed by atoms with van der Waals surface area (Å²) in [6.07, 6.45) is 5.77. The fourth-order valence-electron chi connectivity index (χ4n) is 2.18. The third kappa shape index (κ3) is 5.78. The smallest absolute Gasteiger partial charge is 0.143 e. The Hall–Kier alpha value is -2.00. The largest absolute Gasteiger partial charge is 0.489 e. The summed E-state index contributed by atoms with van der Waals surface area (Å²) in [4.78, 5) is 2.19. The molecule has 1 aromatic rings. The molecule has 0 aliphatic rings. The molecular formula is C19H28N2O. The molecule has 3 nitrogen and oxygen atoms in total. The molecule has 0 aliphatic heterocycles. The van der Waals surface area contributed by atoms with E-state index >= 15 is 0 Å². The van der Waals surface area contributed by atoms with Crippen LogP contribution in [0.3, 0.4) is 0 Å². The molecule has 0 heterocycles. The molecule has 0 amide bonds. The molecule has 0 spiro atoms. The van der Waals surface area contributed by atoms with Crippen LogP contribution in [0.15, 0.2) is 56.2 Å². The summed E-state index contributed by atoms with van der Waals surface area (Å²) in [6, 6.07) is 6.33. The number of rotatable bonds is 11. The van der Waals surface area contributed by atoms with Gasteiger partial charge in [-0.25, -0.2) is 0 Å². The summed E-state index contributed by atoms with van der Waals surface area (Å²) in [7, 11) is 0. The second-order valence-electron chi connectivity index (χ2n) is 5.37. The number of nitrogens with one attached hydrogen (secondary N) is 1. The molecule has 0 saturated heterocycles. The minimum absolute atomic E-state index is 0.129. The van der Waals surface area contributed by atoms with Crippen LogP contribution in [0.4, 0.5) is 5.69 Å². The van der Waals surface area contributed by atoms with Gasteiger partial charge in [-0.15, -0.1) is 19.7 Å². The van der Waals surface area contributed by atoms with E-state index in [2.05, 4.69) is 48.2 Å². The minimum Gasteiger partial charge on any atom is -0.489 e. The van der Waals surface area contributed by atoms with Gasteiger partial charge in [-0.2, -0.15) is 0 Å². The van der Waals surface area contributed by atoms with Gasteiger partial charge in [-0.3, -0.25) is 0 Å². The molecule has 0 radical (unpaired) electrons. The summed E-state index contributed by atoms with van der Waals surface area (Å²) in [5.74, 6) is 0.900. The average Bonchev–Trinajstić information content (AvgIpc) is 2.47. The standard InChI is InChI=1S/C19H28N2O/c1-6-11-20-15-17-9-10-18(19(14-17)22-16(4)5)21(12-7-2)13-8-3/h6-10,14,16,20H,1-3,11-13,15H2,4-5H3. The Morgan fingerprint density at radius 3 is 2.36 bits per heavy atom. The van der Waals surface area contributed by atoms with Gasteiger partial charge in [0.25, 0.3) is 0 Å². The van der Waals surface area contributed by atoms with Crippen molar-refractivity contribution in [1.29, 1.82) is 0 Å². The molecular weight excluding hydrogens is 272 g/mol. The second kappa shape index (κ2) is 9.85. The first-order valence-corrected chi connectivity index (χ1v) is 7.70. The first-order chi connectivity index (χ1) is 10.6. The predicted molar refractivity (Wildman–Crippen MR) is 96.7 cm³/mol. The van der Waals surface area contributed by atoms with E-state index in [1.165, 1.54) is 5.56 Å². The normalized spacial score (nSPS) is 10.3. The number of benzene rings is 1. The van der Waals surface area contributed by atoms with Crippen LogP contribution in [0.1, 0.15) is 19.4 Å². The molecule has 0 unspecified atom stereocenters. The number of hydrogen-bond acceptors (Lipinski definition) is 3. The van der Waals surface area contributed by atoms with Crippen LogP contribution >= 0.6 is 0 Å². The van der Waals surface area contributed by atoms with E-state index in [-0.39, 0.29) is 6.10 Å². The Labute approximate surface area is 135 Å². The van der Waals surface area contributed by atoms with Crippen molar-refractivity contribution >= 4 is 5.69 Å². The van der Waals surface area contributed by atoms with Gasteiger partial charge in [-0.05, 0) is 31.5 Å². The van der Waals surface area contributed by atoms with E-state index in [0.717, 1.165) is 37.6 Å². The molecule has 0 bridgehead atoms. The molecule has 0 aromatic heterocycles. The highest BCUT2D eigenvalue weighted by atomic mass is 16.5. The maximum Gasteiger partial charge on any atom is 0.143 e. The third-order valence-corrected chi connectivity index (χ3v) is 3.04. The number of hydrogen-bond donors (Lipinski definition) is 1. The van der Waals surface area contributed by atoms with E-state index < -0.39 is 0 Å². The topological polar surface area (TPSA) is 24.5 Å². The SMILES string of the molecule is C=CCNCc1ccc(N(CC=C)CC=C)c(OC(C)C)c1. The van der Waals surface area contributed by atoms with E-state index in [1.54, 1.807) is 0 Å².